The average Bonchev–Trinajstić information content (AvgIpc) is 2.29. The van der Waals surface area contributed by atoms with Crippen LogP contribution in [0, 0.1) is 0 Å². The number of carbonyl (C=O) groups is 1. The fourth-order valence-electron chi connectivity index (χ4n) is 1.31. The number of carboxylic acid groups (broad SMARTS) is 1. The van der Waals surface area contributed by atoms with Crippen LogP contribution in [0.1, 0.15) is 15.9 Å². The van der Waals surface area contributed by atoms with Crippen LogP contribution in [-0.4, -0.2) is 44.4 Å². The Labute approximate surface area is 106 Å². The molecule has 1 aromatic rings. The third kappa shape index (κ3) is 4.10. The maximum absolute atomic E-state index is 11.4. The molecule has 0 atom stereocenters. The van der Waals surface area contributed by atoms with E-state index in [4.69, 9.17) is 5.11 Å². The topological polar surface area (TPSA) is 86.7 Å². The van der Waals surface area contributed by atoms with E-state index in [1.807, 2.05) is 0 Å². The second kappa shape index (κ2) is 5.94. The standard InChI is InChI=1S/C11H16N2O4S/c1-13(2)18(16,17)12-7-6-9-4-3-5-10(8-9)11(14)15/h3-5,8,12H,6-7H2,1-2H3,(H,14,15). The van der Waals surface area contributed by atoms with Gasteiger partial charge in [-0.2, -0.15) is 12.7 Å². The average molecular weight is 272 g/mol. The molecule has 0 aliphatic rings. The van der Waals surface area contributed by atoms with Crippen molar-refractivity contribution >= 4 is 16.2 Å². The first-order chi connectivity index (χ1) is 8.33. The van der Waals surface area contributed by atoms with Crippen molar-refractivity contribution < 1.29 is 18.3 Å². The molecule has 2 N–H and O–H groups in total. The molecule has 1 rings (SSSR count). The first-order valence-corrected chi connectivity index (χ1v) is 6.76. The Kier molecular flexibility index (Phi) is 4.83. The molecule has 0 amide bonds. The van der Waals surface area contributed by atoms with Gasteiger partial charge in [0.1, 0.15) is 0 Å². The van der Waals surface area contributed by atoms with Crippen LogP contribution in [-0.2, 0) is 16.6 Å². The number of rotatable bonds is 6. The van der Waals surface area contributed by atoms with Crippen molar-refractivity contribution in [2.24, 2.45) is 0 Å². The fourth-order valence-corrected chi connectivity index (χ4v) is 1.93. The summed E-state index contributed by atoms with van der Waals surface area (Å²) in [6, 6.07) is 6.43. The summed E-state index contributed by atoms with van der Waals surface area (Å²) < 4.78 is 26.3. The van der Waals surface area contributed by atoms with Crippen LogP contribution in [0.15, 0.2) is 24.3 Å². The maximum Gasteiger partial charge on any atom is 0.335 e. The predicted octanol–water partition coefficient (Wildman–Crippen LogP) is 0.323. The molecule has 1 aromatic carbocycles. The Hall–Kier alpha value is -1.44. The largest absolute Gasteiger partial charge is 0.478 e. The van der Waals surface area contributed by atoms with Crippen molar-refractivity contribution in [1.82, 2.24) is 9.03 Å². The zero-order chi connectivity index (χ0) is 13.8. The van der Waals surface area contributed by atoms with Gasteiger partial charge in [0, 0.05) is 20.6 Å². The number of aromatic carboxylic acids is 1. The van der Waals surface area contributed by atoms with Crippen LogP contribution >= 0.6 is 0 Å². The quantitative estimate of drug-likeness (QED) is 0.781. The van der Waals surface area contributed by atoms with Crippen LogP contribution in [0.25, 0.3) is 0 Å². The molecule has 0 saturated heterocycles. The Morgan fingerprint density at radius 3 is 2.61 bits per heavy atom. The van der Waals surface area contributed by atoms with Gasteiger partial charge in [-0.15, -0.1) is 0 Å². The van der Waals surface area contributed by atoms with E-state index in [-0.39, 0.29) is 12.1 Å². The minimum atomic E-state index is -3.43. The lowest BCUT2D eigenvalue weighted by molar-refractivity contribution is 0.0696. The summed E-state index contributed by atoms with van der Waals surface area (Å²) in [6.07, 6.45) is 0.439. The van der Waals surface area contributed by atoms with Crippen LogP contribution in [0.4, 0.5) is 0 Å². The summed E-state index contributed by atoms with van der Waals surface area (Å²) in [6.45, 7) is 0.226. The molecule has 0 fully saturated rings. The molecule has 18 heavy (non-hydrogen) atoms. The van der Waals surface area contributed by atoms with Crippen LogP contribution < -0.4 is 4.72 Å². The van der Waals surface area contributed by atoms with Crippen molar-refractivity contribution in [3.63, 3.8) is 0 Å². The van der Waals surface area contributed by atoms with Crippen molar-refractivity contribution in [2.75, 3.05) is 20.6 Å². The Bertz CT molecular complexity index is 526. The highest BCUT2D eigenvalue weighted by atomic mass is 32.2. The molecule has 0 aromatic heterocycles. The number of carboxylic acids is 1. The summed E-state index contributed by atoms with van der Waals surface area (Å²) in [5.41, 5.74) is 0.972. The summed E-state index contributed by atoms with van der Waals surface area (Å²) in [7, 11) is -0.552. The van der Waals surface area contributed by atoms with Gasteiger partial charge in [-0.1, -0.05) is 12.1 Å². The lowest BCUT2D eigenvalue weighted by atomic mass is 10.1. The summed E-state index contributed by atoms with van der Waals surface area (Å²) in [4.78, 5) is 10.8. The lowest BCUT2D eigenvalue weighted by Gasteiger charge is -2.12. The second-order valence-corrected chi connectivity index (χ2v) is 5.91. The Morgan fingerprint density at radius 2 is 2.06 bits per heavy atom. The minimum absolute atomic E-state index is 0.197. The highest BCUT2D eigenvalue weighted by Crippen LogP contribution is 2.06. The third-order valence-electron chi connectivity index (χ3n) is 2.35. The number of hydrogen-bond donors (Lipinski definition) is 2. The summed E-state index contributed by atoms with van der Waals surface area (Å²) in [5.74, 6) is -0.995. The molecular formula is C11H16N2O4S. The molecule has 0 saturated carbocycles. The molecule has 0 aliphatic carbocycles. The van der Waals surface area contributed by atoms with E-state index in [1.165, 1.54) is 26.2 Å². The van der Waals surface area contributed by atoms with Crippen molar-refractivity contribution in [2.45, 2.75) is 6.42 Å². The second-order valence-electron chi connectivity index (χ2n) is 3.94. The molecule has 7 heteroatoms. The van der Waals surface area contributed by atoms with Gasteiger partial charge in [-0.05, 0) is 24.1 Å². The minimum Gasteiger partial charge on any atom is -0.478 e. The van der Waals surface area contributed by atoms with E-state index in [0.717, 1.165) is 9.87 Å². The summed E-state index contributed by atoms with van der Waals surface area (Å²) in [5, 5.41) is 8.82. The van der Waals surface area contributed by atoms with Gasteiger partial charge < -0.3 is 5.11 Å². The third-order valence-corrected chi connectivity index (χ3v) is 3.88. The van der Waals surface area contributed by atoms with Gasteiger partial charge in [0.15, 0.2) is 0 Å². The zero-order valence-electron chi connectivity index (χ0n) is 10.3. The number of benzene rings is 1. The molecule has 6 nitrogen and oxygen atoms in total. The smallest absolute Gasteiger partial charge is 0.335 e. The van der Waals surface area contributed by atoms with Gasteiger partial charge in [0.25, 0.3) is 10.2 Å². The van der Waals surface area contributed by atoms with E-state index in [0.29, 0.717) is 6.42 Å². The van der Waals surface area contributed by atoms with Crippen molar-refractivity contribution in [1.29, 1.82) is 0 Å². The van der Waals surface area contributed by atoms with E-state index in [2.05, 4.69) is 4.72 Å². The van der Waals surface area contributed by atoms with E-state index in [1.54, 1.807) is 12.1 Å². The van der Waals surface area contributed by atoms with Gasteiger partial charge in [0.05, 0.1) is 5.56 Å². The van der Waals surface area contributed by atoms with Crippen molar-refractivity contribution in [3.8, 4) is 0 Å². The monoisotopic (exact) mass is 272 g/mol. The number of nitrogens with one attached hydrogen (secondary N) is 1. The van der Waals surface area contributed by atoms with Crippen LogP contribution in [0.2, 0.25) is 0 Å². The van der Waals surface area contributed by atoms with Gasteiger partial charge >= 0.3 is 5.97 Å². The number of hydrogen-bond acceptors (Lipinski definition) is 3. The van der Waals surface area contributed by atoms with Crippen LogP contribution in [0.3, 0.4) is 0 Å². The van der Waals surface area contributed by atoms with Crippen LogP contribution in [0.5, 0.6) is 0 Å². The molecule has 0 bridgehead atoms. The molecular weight excluding hydrogens is 256 g/mol. The Morgan fingerprint density at radius 1 is 1.39 bits per heavy atom. The normalized spacial score (nSPS) is 11.7. The molecule has 0 radical (unpaired) electrons. The van der Waals surface area contributed by atoms with Crippen molar-refractivity contribution in [3.05, 3.63) is 35.4 Å². The first kappa shape index (κ1) is 14.6. The maximum atomic E-state index is 11.4. The predicted molar refractivity (Wildman–Crippen MR) is 67.7 cm³/mol. The molecule has 0 unspecified atom stereocenters. The SMILES string of the molecule is CN(C)S(=O)(=O)NCCc1cccc(C(=O)O)c1. The highest BCUT2D eigenvalue weighted by Gasteiger charge is 2.11. The summed E-state index contributed by atoms with van der Waals surface area (Å²) >= 11 is 0. The fraction of sp³-hybridized carbons (Fsp3) is 0.364. The first-order valence-electron chi connectivity index (χ1n) is 5.32. The lowest BCUT2D eigenvalue weighted by Crippen LogP contribution is -2.36. The van der Waals surface area contributed by atoms with E-state index < -0.39 is 16.2 Å². The molecule has 0 spiro atoms. The highest BCUT2D eigenvalue weighted by molar-refractivity contribution is 7.87. The molecule has 100 valence electrons. The molecule has 0 heterocycles. The zero-order valence-corrected chi connectivity index (χ0v) is 11.1. The van der Waals surface area contributed by atoms with Gasteiger partial charge in [0.2, 0.25) is 0 Å². The van der Waals surface area contributed by atoms with E-state index >= 15 is 0 Å². The van der Waals surface area contributed by atoms with E-state index in [9.17, 15) is 13.2 Å². The van der Waals surface area contributed by atoms with Gasteiger partial charge in [-0.3, -0.25) is 0 Å². The van der Waals surface area contributed by atoms with Gasteiger partial charge in [-0.25, -0.2) is 9.52 Å². The Balaban J connectivity index is 2.60. The number of nitrogens with zero attached hydrogens (tertiary/aromatic N) is 1. The molecule has 0 aliphatic heterocycles.